The number of hydrogen-bond acceptors (Lipinski definition) is 5. The van der Waals surface area contributed by atoms with Crippen LogP contribution in [0.25, 0.3) is 0 Å². The Morgan fingerprint density at radius 1 is 1.11 bits per heavy atom. The first kappa shape index (κ1) is 16.8. The van der Waals surface area contributed by atoms with Crippen LogP contribution in [0.2, 0.25) is 0 Å². The predicted octanol–water partition coefficient (Wildman–Crippen LogP) is 2.42. The summed E-state index contributed by atoms with van der Waals surface area (Å²) in [5.74, 6) is -0.0371. The Bertz CT molecular complexity index is 1050. The second-order valence-corrected chi connectivity index (χ2v) is 6.57. The van der Waals surface area contributed by atoms with E-state index in [2.05, 4.69) is 16.4 Å². The molecule has 4 rings (SSSR count). The maximum Gasteiger partial charge on any atom is 0.257 e. The van der Waals surface area contributed by atoms with Gasteiger partial charge in [0, 0.05) is 14.1 Å². The third-order valence-corrected chi connectivity index (χ3v) is 4.79. The number of nitrogens with zero attached hydrogens (tertiary/aromatic N) is 6. The van der Waals surface area contributed by atoms with Gasteiger partial charge in [-0.25, -0.2) is 4.68 Å². The second kappa shape index (κ2) is 6.57. The first-order valence-corrected chi connectivity index (χ1v) is 8.56. The van der Waals surface area contributed by atoms with E-state index in [-0.39, 0.29) is 12.1 Å². The van der Waals surface area contributed by atoms with Crippen molar-refractivity contribution >= 4 is 11.6 Å². The third-order valence-electron chi connectivity index (χ3n) is 4.79. The Morgan fingerprint density at radius 3 is 2.74 bits per heavy atom. The van der Waals surface area contributed by atoms with Crippen molar-refractivity contribution in [3.05, 3.63) is 77.1 Å². The molecule has 3 aromatic rings. The summed E-state index contributed by atoms with van der Waals surface area (Å²) in [4.78, 5) is 16.4. The fourth-order valence-corrected chi connectivity index (χ4v) is 3.49. The summed E-state index contributed by atoms with van der Waals surface area (Å²) >= 11 is 0. The monoisotopic (exact) mass is 358 g/mol. The molecule has 2 aromatic carbocycles. The minimum atomic E-state index is -0.327. The van der Waals surface area contributed by atoms with E-state index in [0.29, 0.717) is 23.4 Å². The van der Waals surface area contributed by atoms with Gasteiger partial charge in [-0.1, -0.05) is 29.5 Å². The molecule has 1 amide bonds. The highest BCUT2D eigenvalue weighted by Gasteiger charge is 2.35. The second-order valence-electron chi connectivity index (χ2n) is 6.57. The summed E-state index contributed by atoms with van der Waals surface area (Å²) in [6.45, 7) is 0.507. The SMILES string of the molecule is CN1C(=O)c2ccccc2N(C)C1c1cn(Cc2cccc(C#N)c2)nn1. The summed E-state index contributed by atoms with van der Waals surface area (Å²) in [5.41, 5.74) is 3.83. The van der Waals surface area contributed by atoms with Crippen LogP contribution in [0.4, 0.5) is 5.69 Å². The average Bonchev–Trinajstić information content (AvgIpc) is 3.14. The fourth-order valence-electron chi connectivity index (χ4n) is 3.49. The molecule has 0 aliphatic carbocycles. The van der Waals surface area contributed by atoms with Gasteiger partial charge >= 0.3 is 0 Å². The van der Waals surface area contributed by atoms with Crippen LogP contribution in [0, 0.1) is 11.3 Å². The zero-order chi connectivity index (χ0) is 19.0. The summed E-state index contributed by atoms with van der Waals surface area (Å²) in [5, 5.41) is 17.5. The van der Waals surface area contributed by atoms with Crippen molar-refractivity contribution in [1.29, 1.82) is 5.26 Å². The zero-order valence-corrected chi connectivity index (χ0v) is 15.1. The van der Waals surface area contributed by atoms with Gasteiger partial charge < -0.3 is 9.80 Å². The van der Waals surface area contributed by atoms with Crippen LogP contribution in [0.3, 0.4) is 0 Å². The molecule has 0 bridgehead atoms. The summed E-state index contributed by atoms with van der Waals surface area (Å²) in [6.07, 6.45) is 1.52. The van der Waals surface area contributed by atoms with E-state index in [4.69, 9.17) is 5.26 Å². The van der Waals surface area contributed by atoms with Crippen LogP contribution in [0.15, 0.2) is 54.7 Å². The number of carbonyl (C=O) groups is 1. The van der Waals surface area contributed by atoms with Gasteiger partial charge in [-0.3, -0.25) is 4.79 Å². The van der Waals surface area contributed by atoms with E-state index in [1.54, 1.807) is 22.7 Å². The zero-order valence-electron chi connectivity index (χ0n) is 15.1. The normalized spacial score (nSPS) is 16.2. The van der Waals surface area contributed by atoms with Crippen LogP contribution < -0.4 is 4.90 Å². The number of nitriles is 1. The third kappa shape index (κ3) is 2.91. The standard InChI is InChI=1S/C20H18N6O/c1-24-18-9-4-3-8-16(18)20(27)25(2)19(24)17-13-26(23-22-17)12-15-7-5-6-14(10-15)11-21/h3-10,13,19H,12H2,1-2H3. The number of amides is 1. The molecule has 1 atom stereocenters. The molecule has 0 saturated carbocycles. The van der Waals surface area contributed by atoms with Crippen LogP contribution in [0.1, 0.15) is 33.3 Å². The molecular weight excluding hydrogens is 340 g/mol. The first-order chi connectivity index (χ1) is 13.1. The molecule has 7 nitrogen and oxygen atoms in total. The Labute approximate surface area is 157 Å². The van der Waals surface area contributed by atoms with Gasteiger partial charge in [0.2, 0.25) is 0 Å². The van der Waals surface area contributed by atoms with Gasteiger partial charge in [0.05, 0.1) is 35.6 Å². The molecule has 27 heavy (non-hydrogen) atoms. The smallest absolute Gasteiger partial charge is 0.257 e. The fraction of sp³-hybridized carbons (Fsp3) is 0.200. The van der Waals surface area contributed by atoms with E-state index in [9.17, 15) is 4.79 Å². The van der Waals surface area contributed by atoms with Crippen molar-refractivity contribution in [3.8, 4) is 6.07 Å². The molecule has 7 heteroatoms. The van der Waals surface area contributed by atoms with Crippen molar-refractivity contribution in [2.24, 2.45) is 0 Å². The quantitative estimate of drug-likeness (QED) is 0.718. The number of benzene rings is 2. The Balaban J connectivity index is 1.63. The summed E-state index contributed by atoms with van der Waals surface area (Å²) in [7, 11) is 3.72. The topological polar surface area (TPSA) is 78.0 Å². The molecular formula is C20H18N6O. The molecule has 0 saturated heterocycles. The molecule has 134 valence electrons. The lowest BCUT2D eigenvalue weighted by Crippen LogP contribution is -2.45. The number of carbonyl (C=O) groups excluding carboxylic acids is 1. The van der Waals surface area contributed by atoms with Gasteiger partial charge in [0.25, 0.3) is 5.91 Å². The van der Waals surface area contributed by atoms with Crippen molar-refractivity contribution in [2.45, 2.75) is 12.7 Å². The lowest BCUT2D eigenvalue weighted by atomic mass is 10.1. The van der Waals surface area contributed by atoms with Gasteiger partial charge in [-0.2, -0.15) is 5.26 Å². The van der Waals surface area contributed by atoms with Crippen molar-refractivity contribution < 1.29 is 4.79 Å². The summed E-state index contributed by atoms with van der Waals surface area (Å²) < 4.78 is 1.72. The van der Waals surface area contributed by atoms with Gasteiger partial charge in [0.1, 0.15) is 5.69 Å². The number of para-hydroxylation sites is 1. The van der Waals surface area contributed by atoms with Crippen LogP contribution in [-0.4, -0.2) is 39.9 Å². The molecule has 1 aromatic heterocycles. The molecule has 1 unspecified atom stereocenters. The Morgan fingerprint density at radius 2 is 1.93 bits per heavy atom. The van der Waals surface area contributed by atoms with E-state index >= 15 is 0 Å². The lowest BCUT2D eigenvalue weighted by molar-refractivity contribution is 0.0707. The highest BCUT2D eigenvalue weighted by atomic mass is 16.2. The number of hydrogen-bond donors (Lipinski definition) is 0. The number of anilines is 1. The van der Waals surface area contributed by atoms with Gasteiger partial charge in [0.15, 0.2) is 6.17 Å². The van der Waals surface area contributed by atoms with Crippen LogP contribution in [-0.2, 0) is 6.54 Å². The highest BCUT2D eigenvalue weighted by Crippen LogP contribution is 2.35. The van der Waals surface area contributed by atoms with Crippen LogP contribution in [0.5, 0.6) is 0 Å². The van der Waals surface area contributed by atoms with Gasteiger partial charge in [-0.05, 0) is 29.8 Å². The maximum absolute atomic E-state index is 12.7. The predicted molar refractivity (Wildman–Crippen MR) is 100.0 cm³/mol. The van der Waals surface area contributed by atoms with E-state index in [1.165, 1.54) is 0 Å². The Kier molecular flexibility index (Phi) is 4.09. The lowest BCUT2D eigenvalue weighted by Gasteiger charge is -2.40. The minimum absolute atomic E-state index is 0.0371. The summed E-state index contributed by atoms with van der Waals surface area (Å²) in [6, 6.07) is 17.1. The molecule has 0 fully saturated rings. The highest BCUT2D eigenvalue weighted by molar-refractivity contribution is 6.01. The van der Waals surface area contributed by atoms with E-state index in [0.717, 1.165) is 11.3 Å². The molecule has 1 aliphatic rings. The van der Waals surface area contributed by atoms with Crippen molar-refractivity contribution in [3.63, 3.8) is 0 Å². The van der Waals surface area contributed by atoms with E-state index < -0.39 is 0 Å². The van der Waals surface area contributed by atoms with Gasteiger partial charge in [-0.15, -0.1) is 5.10 Å². The minimum Gasteiger partial charge on any atom is -0.348 e. The average molecular weight is 358 g/mol. The largest absolute Gasteiger partial charge is 0.348 e. The molecule has 0 radical (unpaired) electrons. The molecule has 1 aliphatic heterocycles. The number of aromatic nitrogens is 3. The molecule has 0 spiro atoms. The van der Waals surface area contributed by atoms with Crippen molar-refractivity contribution in [2.75, 3.05) is 19.0 Å². The molecule has 2 heterocycles. The van der Waals surface area contributed by atoms with Crippen LogP contribution >= 0.6 is 0 Å². The Hall–Kier alpha value is -3.66. The molecule has 0 N–H and O–H groups in total. The first-order valence-electron chi connectivity index (χ1n) is 8.56. The number of fused-ring (bicyclic) bond motifs is 1. The van der Waals surface area contributed by atoms with E-state index in [1.807, 2.05) is 60.6 Å². The number of rotatable bonds is 3. The van der Waals surface area contributed by atoms with Crippen molar-refractivity contribution in [1.82, 2.24) is 19.9 Å². The maximum atomic E-state index is 12.7.